The predicted octanol–water partition coefficient (Wildman–Crippen LogP) is 6.18. The summed E-state index contributed by atoms with van der Waals surface area (Å²) in [6.07, 6.45) is 0. The minimum absolute atomic E-state index is 0.0358. The molecule has 3 aromatic carbocycles. The van der Waals surface area contributed by atoms with Crippen LogP contribution in [0.15, 0.2) is 63.8 Å². The van der Waals surface area contributed by atoms with Crippen molar-refractivity contribution in [1.82, 2.24) is 4.98 Å². The Morgan fingerprint density at radius 1 is 1.05 bits per heavy atom. The van der Waals surface area contributed by atoms with Gasteiger partial charge in [0, 0.05) is 0 Å². The summed E-state index contributed by atoms with van der Waals surface area (Å²) in [5.74, 6) is 0.737. The summed E-state index contributed by atoms with van der Waals surface area (Å²) in [6.45, 7) is 6.42. The van der Waals surface area contributed by atoms with Gasteiger partial charge in [0.1, 0.15) is 5.58 Å². The van der Waals surface area contributed by atoms with E-state index in [1.165, 1.54) is 11.3 Å². The SMILES string of the molecule is CCOc1ccc([C@@H]2c3c(oc4ccccc4c3=O)C(=O)N2c2nc3c(C)cc(C)cc3s2)cc1OC. The molecule has 0 bridgehead atoms. The molecule has 0 unspecified atom stereocenters. The molecule has 0 N–H and O–H groups in total. The lowest BCUT2D eigenvalue weighted by atomic mass is 9.98. The number of methoxy groups -OCH3 is 1. The van der Waals surface area contributed by atoms with Crippen LogP contribution < -0.4 is 19.8 Å². The van der Waals surface area contributed by atoms with E-state index in [0.717, 1.165) is 21.3 Å². The Hall–Kier alpha value is -4.17. The molecule has 8 heteroatoms. The van der Waals surface area contributed by atoms with E-state index in [2.05, 4.69) is 12.1 Å². The molecule has 1 aliphatic rings. The molecular formula is C29H24N2O5S. The first kappa shape index (κ1) is 23.2. The third kappa shape index (κ3) is 3.59. The lowest BCUT2D eigenvalue weighted by Gasteiger charge is -2.23. The molecule has 0 aliphatic carbocycles. The smallest absolute Gasteiger partial charge is 0.297 e. The molecule has 6 rings (SSSR count). The van der Waals surface area contributed by atoms with Gasteiger partial charge < -0.3 is 13.9 Å². The van der Waals surface area contributed by atoms with E-state index in [4.69, 9.17) is 18.9 Å². The average Bonchev–Trinajstić information content (AvgIpc) is 3.43. The first-order chi connectivity index (χ1) is 17.9. The molecule has 7 nitrogen and oxygen atoms in total. The van der Waals surface area contributed by atoms with Gasteiger partial charge in [0.25, 0.3) is 5.91 Å². The maximum absolute atomic E-state index is 13.9. The zero-order chi connectivity index (χ0) is 25.8. The number of benzene rings is 3. The monoisotopic (exact) mass is 512 g/mol. The number of carbonyl (C=O) groups excluding carboxylic acids is 1. The van der Waals surface area contributed by atoms with Crippen LogP contribution in [0.3, 0.4) is 0 Å². The number of fused-ring (bicyclic) bond motifs is 3. The molecule has 37 heavy (non-hydrogen) atoms. The van der Waals surface area contributed by atoms with Gasteiger partial charge >= 0.3 is 0 Å². The maximum Gasteiger partial charge on any atom is 0.297 e. The number of aryl methyl sites for hydroxylation is 2. The van der Waals surface area contributed by atoms with E-state index in [1.54, 1.807) is 42.3 Å². The number of ether oxygens (including phenoxy) is 2. The van der Waals surface area contributed by atoms with Gasteiger partial charge in [0.15, 0.2) is 22.1 Å². The molecule has 5 aromatic rings. The van der Waals surface area contributed by atoms with Crippen LogP contribution in [-0.2, 0) is 0 Å². The molecular weight excluding hydrogens is 488 g/mol. The Morgan fingerprint density at radius 2 is 1.86 bits per heavy atom. The number of hydrogen-bond acceptors (Lipinski definition) is 7. The summed E-state index contributed by atoms with van der Waals surface area (Å²) in [7, 11) is 1.56. The third-order valence-electron chi connectivity index (χ3n) is 6.61. The molecule has 1 aliphatic heterocycles. The summed E-state index contributed by atoms with van der Waals surface area (Å²) in [6, 6.07) is 15.8. The predicted molar refractivity (Wildman–Crippen MR) is 144 cm³/mol. The Bertz CT molecular complexity index is 1770. The van der Waals surface area contributed by atoms with Gasteiger partial charge in [0.05, 0.1) is 40.9 Å². The minimum Gasteiger partial charge on any atom is -0.493 e. The van der Waals surface area contributed by atoms with Crippen LogP contribution in [0.5, 0.6) is 11.5 Å². The van der Waals surface area contributed by atoms with Crippen molar-refractivity contribution in [2.24, 2.45) is 0 Å². The minimum atomic E-state index is -0.741. The lowest BCUT2D eigenvalue weighted by molar-refractivity contribution is 0.0971. The number of amides is 1. The number of carbonyl (C=O) groups is 1. The van der Waals surface area contributed by atoms with Gasteiger partial charge in [-0.3, -0.25) is 14.5 Å². The summed E-state index contributed by atoms with van der Waals surface area (Å²) >= 11 is 1.42. The van der Waals surface area contributed by atoms with Crippen molar-refractivity contribution in [2.45, 2.75) is 26.8 Å². The number of nitrogens with zero attached hydrogens (tertiary/aromatic N) is 2. The summed E-state index contributed by atoms with van der Waals surface area (Å²) in [4.78, 5) is 34.2. The molecule has 0 radical (unpaired) electrons. The molecule has 186 valence electrons. The van der Waals surface area contributed by atoms with Crippen molar-refractivity contribution in [3.05, 3.63) is 92.8 Å². The molecule has 0 spiro atoms. The van der Waals surface area contributed by atoms with Gasteiger partial charge in [-0.15, -0.1) is 0 Å². The second-order valence-electron chi connectivity index (χ2n) is 9.02. The number of thiazole rings is 1. The van der Waals surface area contributed by atoms with Crippen LogP contribution in [0.1, 0.15) is 45.8 Å². The van der Waals surface area contributed by atoms with E-state index in [-0.39, 0.29) is 11.2 Å². The Labute approximate surface area is 216 Å². The summed E-state index contributed by atoms with van der Waals surface area (Å²) in [5, 5.41) is 0.927. The summed E-state index contributed by atoms with van der Waals surface area (Å²) < 4.78 is 18.3. The molecule has 0 saturated heterocycles. The molecule has 0 saturated carbocycles. The number of rotatable bonds is 5. The Kier molecular flexibility index (Phi) is 5.49. The first-order valence-corrected chi connectivity index (χ1v) is 12.8. The topological polar surface area (TPSA) is 81.9 Å². The standard InChI is InChI=1S/C29H24N2O5S/c1-5-35-20-11-10-17(14-21(20)34-4)25-23-26(32)18-8-6-7-9-19(18)36-27(23)28(33)31(25)29-30-24-16(3)12-15(2)13-22(24)37-29/h6-14,25H,5H2,1-4H3/t25-/m1/s1. The number of para-hydroxylation sites is 1. The van der Waals surface area contributed by atoms with Crippen LogP contribution in [0.25, 0.3) is 21.2 Å². The third-order valence-corrected chi connectivity index (χ3v) is 7.61. The highest BCUT2D eigenvalue weighted by atomic mass is 32.1. The maximum atomic E-state index is 13.9. The van der Waals surface area contributed by atoms with Gasteiger partial charge in [-0.1, -0.05) is 35.6 Å². The molecule has 1 amide bonds. The van der Waals surface area contributed by atoms with Gasteiger partial charge in [0.2, 0.25) is 5.76 Å². The highest BCUT2D eigenvalue weighted by Gasteiger charge is 2.45. The van der Waals surface area contributed by atoms with Gasteiger partial charge in [-0.05, 0) is 67.8 Å². The zero-order valence-electron chi connectivity index (χ0n) is 20.8. The Balaban J connectivity index is 1.62. The fourth-order valence-electron chi connectivity index (χ4n) is 5.02. The highest BCUT2D eigenvalue weighted by molar-refractivity contribution is 7.22. The Morgan fingerprint density at radius 3 is 2.65 bits per heavy atom. The first-order valence-electron chi connectivity index (χ1n) is 12.0. The van der Waals surface area contributed by atoms with Crippen molar-refractivity contribution >= 4 is 43.6 Å². The molecule has 3 heterocycles. The van der Waals surface area contributed by atoms with Crippen LogP contribution >= 0.6 is 11.3 Å². The van der Waals surface area contributed by atoms with E-state index in [9.17, 15) is 9.59 Å². The normalized spacial score (nSPS) is 15.0. The van der Waals surface area contributed by atoms with E-state index < -0.39 is 11.9 Å². The summed E-state index contributed by atoms with van der Waals surface area (Å²) in [5.41, 5.74) is 4.11. The van der Waals surface area contributed by atoms with E-state index >= 15 is 0 Å². The van der Waals surface area contributed by atoms with Crippen molar-refractivity contribution in [2.75, 3.05) is 18.6 Å². The van der Waals surface area contributed by atoms with Crippen LogP contribution in [0.2, 0.25) is 0 Å². The van der Waals surface area contributed by atoms with Gasteiger partial charge in [-0.2, -0.15) is 0 Å². The fraction of sp³-hybridized carbons (Fsp3) is 0.207. The van der Waals surface area contributed by atoms with Crippen LogP contribution in [0, 0.1) is 13.8 Å². The fourth-order valence-corrected chi connectivity index (χ4v) is 6.19. The number of aromatic nitrogens is 1. The van der Waals surface area contributed by atoms with Crippen molar-refractivity contribution in [3.8, 4) is 11.5 Å². The van der Waals surface area contributed by atoms with Crippen LogP contribution in [0.4, 0.5) is 5.13 Å². The average molecular weight is 513 g/mol. The molecule has 2 aromatic heterocycles. The molecule has 0 fully saturated rings. The molecule has 1 atom stereocenters. The van der Waals surface area contributed by atoms with Crippen molar-refractivity contribution in [3.63, 3.8) is 0 Å². The number of anilines is 1. The second-order valence-corrected chi connectivity index (χ2v) is 10.0. The zero-order valence-corrected chi connectivity index (χ0v) is 21.6. The van der Waals surface area contributed by atoms with Crippen molar-refractivity contribution in [1.29, 1.82) is 0 Å². The van der Waals surface area contributed by atoms with E-state index in [1.807, 2.05) is 32.9 Å². The largest absolute Gasteiger partial charge is 0.493 e. The van der Waals surface area contributed by atoms with Crippen LogP contribution in [-0.4, -0.2) is 24.6 Å². The highest BCUT2D eigenvalue weighted by Crippen LogP contribution is 2.45. The number of hydrogen-bond donors (Lipinski definition) is 0. The van der Waals surface area contributed by atoms with E-state index in [0.29, 0.717) is 45.3 Å². The second kappa shape index (κ2) is 8.74. The van der Waals surface area contributed by atoms with Gasteiger partial charge in [-0.25, -0.2) is 4.98 Å². The lowest BCUT2D eigenvalue weighted by Crippen LogP contribution is -2.29. The quantitative estimate of drug-likeness (QED) is 0.280. The van der Waals surface area contributed by atoms with Crippen molar-refractivity contribution < 1.29 is 18.7 Å².